The maximum Gasteiger partial charge on any atom is 0.222 e. The molecule has 0 saturated carbocycles. The van der Waals surface area contributed by atoms with Crippen LogP contribution in [-0.2, 0) is 27.4 Å². The Hall–Kier alpha value is -2.97. The van der Waals surface area contributed by atoms with Gasteiger partial charge in [0.1, 0.15) is 11.6 Å². The van der Waals surface area contributed by atoms with E-state index in [2.05, 4.69) is 33.7 Å². The van der Waals surface area contributed by atoms with E-state index in [9.17, 15) is 4.79 Å². The molecular weight excluding hydrogens is 442 g/mol. The molecule has 0 bridgehead atoms. The zero-order valence-corrected chi connectivity index (χ0v) is 20.4. The third-order valence-electron chi connectivity index (χ3n) is 7.62. The first-order chi connectivity index (χ1) is 17.2. The van der Waals surface area contributed by atoms with Gasteiger partial charge in [-0.25, -0.2) is 9.97 Å². The minimum atomic E-state index is 0.200. The quantitative estimate of drug-likeness (QED) is 0.574. The summed E-state index contributed by atoms with van der Waals surface area (Å²) < 4.78 is 13.5. The van der Waals surface area contributed by atoms with Crippen LogP contribution in [0.15, 0.2) is 30.5 Å². The Labute approximate surface area is 205 Å². The molecule has 2 fully saturated rings. The monoisotopic (exact) mass is 475 g/mol. The van der Waals surface area contributed by atoms with Gasteiger partial charge in [-0.2, -0.15) is 0 Å². The minimum Gasteiger partial charge on any atom is -0.381 e. The lowest BCUT2D eigenvalue weighted by molar-refractivity contribution is -0.132. The molecule has 8 nitrogen and oxygen atoms in total. The highest BCUT2D eigenvalue weighted by molar-refractivity contribution is 5.97. The number of rotatable bonds is 4. The Morgan fingerprint density at radius 3 is 2.66 bits per heavy atom. The maximum absolute atomic E-state index is 12.6. The molecule has 6 rings (SSSR count). The molecule has 2 saturated heterocycles. The number of nitrogens with zero attached hydrogens (tertiary/aromatic N) is 5. The number of carbonyl (C=O) groups is 1. The largest absolute Gasteiger partial charge is 0.381 e. The van der Waals surface area contributed by atoms with Crippen LogP contribution in [0.25, 0.3) is 22.0 Å². The van der Waals surface area contributed by atoms with E-state index in [1.165, 1.54) is 0 Å². The van der Waals surface area contributed by atoms with Gasteiger partial charge in [0.05, 0.1) is 31.1 Å². The lowest BCUT2D eigenvalue weighted by Crippen LogP contribution is -2.38. The van der Waals surface area contributed by atoms with Gasteiger partial charge in [0.2, 0.25) is 5.91 Å². The SMILES string of the molecule is CCC(=O)N1CCn2c(C3CCOCC3)nc(-c3cccc4cc(N5CCOCC5)ncc34)c2C1. The van der Waals surface area contributed by atoms with Crippen LogP contribution in [0.5, 0.6) is 0 Å². The van der Waals surface area contributed by atoms with Crippen molar-refractivity contribution in [3.05, 3.63) is 42.0 Å². The van der Waals surface area contributed by atoms with E-state index in [4.69, 9.17) is 19.4 Å². The first-order valence-corrected chi connectivity index (χ1v) is 12.9. The molecular formula is C27H33N5O3. The van der Waals surface area contributed by atoms with E-state index < -0.39 is 0 Å². The molecule has 0 spiro atoms. The highest BCUT2D eigenvalue weighted by atomic mass is 16.5. The van der Waals surface area contributed by atoms with Crippen molar-refractivity contribution >= 4 is 22.5 Å². The number of imidazole rings is 1. The highest BCUT2D eigenvalue weighted by Crippen LogP contribution is 2.37. The molecule has 0 aliphatic carbocycles. The molecule has 0 N–H and O–H groups in total. The Bertz CT molecular complexity index is 1230. The van der Waals surface area contributed by atoms with Crippen LogP contribution >= 0.6 is 0 Å². The molecule has 0 radical (unpaired) electrons. The van der Waals surface area contributed by atoms with Crippen molar-refractivity contribution in [3.63, 3.8) is 0 Å². The van der Waals surface area contributed by atoms with Crippen molar-refractivity contribution in [1.82, 2.24) is 19.4 Å². The third kappa shape index (κ3) is 4.19. The molecule has 35 heavy (non-hydrogen) atoms. The van der Waals surface area contributed by atoms with Gasteiger partial charge >= 0.3 is 0 Å². The van der Waals surface area contributed by atoms with Crippen molar-refractivity contribution in [2.45, 2.75) is 45.2 Å². The van der Waals surface area contributed by atoms with E-state index in [1.807, 2.05) is 18.0 Å². The zero-order valence-electron chi connectivity index (χ0n) is 20.4. The summed E-state index contributed by atoms with van der Waals surface area (Å²) in [6.07, 6.45) is 4.51. The Morgan fingerprint density at radius 1 is 1.06 bits per heavy atom. The Kier molecular flexibility index (Phi) is 6.16. The van der Waals surface area contributed by atoms with Gasteiger partial charge < -0.3 is 23.8 Å². The molecule has 5 heterocycles. The van der Waals surface area contributed by atoms with Crippen LogP contribution in [0.1, 0.15) is 43.6 Å². The maximum atomic E-state index is 12.6. The number of anilines is 1. The predicted octanol–water partition coefficient (Wildman–Crippen LogP) is 3.58. The summed E-state index contributed by atoms with van der Waals surface area (Å²) in [4.78, 5) is 27.0. The van der Waals surface area contributed by atoms with Crippen LogP contribution in [0.4, 0.5) is 5.82 Å². The fourth-order valence-corrected chi connectivity index (χ4v) is 5.65. The van der Waals surface area contributed by atoms with Crippen molar-refractivity contribution in [3.8, 4) is 11.3 Å². The molecule has 3 aliphatic heterocycles. The third-order valence-corrected chi connectivity index (χ3v) is 7.62. The average molecular weight is 476 g/mol. The molecule has 0 unspecified atom stereocenters. The van der Waals surface area contributed by atoms with E-state index in [0.29, 0.717) is 18.9 Å². The molecule has 184 valence electrons. The highest BCUT2D eigenvalue weighted by Gasteiger charge is 2.31. The molecule has 3 aliphatic rings. The van der Waals surface area contributed by atoms with Gasteiger partial charge in [-0.3, -0.25) is 4.79 Å². The van der Waals surface area contributed by atoms with Gasteiger partial charge in [-0.1, -0.05) is 25.1 Å². The second kappa shape index (κ2) is 9.59. The van der Waals surface area contributed by atoms with Gasteiger partial charge in [0.25, 0.3) is 0 Å². The van der Waals surface area contributed by atoms with Gasteiger partial charge in [-0.05, 0) is 24.3 Å². The van der Waals surface area contributed by atoms with Gasteiger partial charge in [0, 0.05) is 68.9 Å². The van der Waals surface area contributed by atoms with Crippen LogP contribution in [0.3, 0.4) is 0 Å². The van der Waals surface area contributed by atoms with E-state index >= 15 is 0 Å². The normalized spacial score (nSPS) is 19.2. The first-order valence-electron chi connectivity index (χ1n) is 12.9. The van der Waals surface area contributed by atoms with E-state index in [0.717, 1.165) is 105 Å². The number of aromatic nitrogens is 3. The van der Waals surface area contributed by atoms with Crippen molar-refractivity contribution in [2.24, 2.45) is 0 Å². The lowest BCUT2D eigenvalue weighted by Gasteiger charge is -2.31. The number of carbonyl (C=O) groups excluding carboxylic acids is 1. The van der Waals surface area contributed by atoms with Crippen molar-refractivity contribution in [2.75, 3.05) is 51.0 Å². The molecule has 8 heteroatoms. The number of pyridine rings is 1. The number of fused-ring (bicyclic) bond motifs is 2. The fourth-order valence-electron chi connectivity index (χ4n) is 5.65. The Balaban J connectivity index is 1.44. The number of hydrogen-bond acceptors (Lipinski definition) is 6. The molecule has 3 aromatic rings. The molecule has 0 atom stereocenters. The minimum absolute atomic E-state index is 0.200. The Morgan fingerprint density at radius 2 is 1.86 bits per heavy atom. The average Bonchev–Trinajstić information content (AvgIpc) is 3.31. The first kappa shape index (κ1) is 22.5. The number of amides is 1. The van der Waals surface area contributed by atoms with Crippen LogP contribution in [0, 0.1) is 0 Å². The fraction of sp³-hybridized carbons (Fsp3) is 0.519. The zero-order chi connectivity index (χ0) is 23.8. The van der Waals surface area contributed by atoms with Crippen molar-refractivity contribution in [1.29, 1.82) is 0 Å². The van der Waals surface area contributed by atoms with Crippen molar-refractivity contribution < 1.29 is 14.3 Å². The summed E-state index contributed by atoms with van der Waals surface area (Å²) in [7, 11) is 0. The number of morpholine rings is 1. The van der Waals surface area contributed by atoms with Crippen LogP contribution < -0.4 is 4.90 Å². The number of ether oxygens (including phenoxy) is 2. The van der Waals surface area contributed by atoms with Gasteiger partial charge in [-0.15, -0.1) is 0 Å². The summed E-state index contributed by atoms with van der Waals surface area (Å²) in [6, 6.07) is 8.59. The molecule has 1 aromatic carbocycles. The summed E-state index contributed by atoms with van der Waals surface area (Å²) in [5, 5.41) is 2.26. The summed E-state index contributed by atoms with van der Waals surface area (Å²) in [5.41, 5.74) is 3.23. The predicted molar refractivity (Wildman–Crippen MR) is 134 cm³/mol. The summed E-state index contributed by atoms with van der Waals surface area (Å²) in [5.74, 6) is 2.74. The number of benzene rings is 1. The lowest BCUT2D eigenvalue weighted by atomic mass is 9.99. The van der Waals surface area contributed by atoms with Crippen LogP contribution in [-0.4, -0.2) is 71.4 Å². The summed E-state index contributed by atoms with van der Waals surface area (Å²) in [6.45, 7) is 8.85. The standard InChI is InChI=1S/C27H33N5O3/c1-2-25(33)31-8-9-32-23(18-31)26(29-27(32)19-6-12-34-13-7-19)21-5-3-4-20-16-24(28-17-22(20)21)30-10-14-35-15-11-30/h3-5,16-17,19H,2,6-15,18H2,1H3. The van der Waals surface area contributed by atoms with E-state index in [-0.39, 0.29) is 5.91 Å². The van der Waals surface area contributed by atoms with E-state index in [1.54, 1.807) is 0 Å². The smallest absolute Gasteiger partial charge is 0.222 e. The second-order valence-corrected chi connectivity index (χ2v) is 9.64. The number of hydrogen-bond donors (Lipinski definition) is 0. The van der Waals surface area contributed by atoms with Gasteiger partial charge in [0.15, 0.2) is 0 Å². The van der Waals surface area contributed by atoms with Crippen LogP contribution in [0.2, 0.25) is 0 Å². The topological polar surface area (TPSA) is 72.7 Å². The second-order valence-electron chi connectivity index (χ2n) is 9.64. The molecule has 1 amide bonds. The molecule has 2 aromatic heterocycles. The summed E-state index contributed by atoms with van der Waals surface area (Å²) >= 11 is 0.